The van der Waals surface area contributed by atoms with Gasteiger partial charge in [0.2, 0.25) is 0 Å². The van der Waals surface area contributed by atoms with E-state index in [1.54, 1.807) is 44.2 Å². The molecule has 3 N–H and O–H groups in total. The first kappa shape index (κ1) is 24.8. The molecule has 2 aromatic rings. The van der Waals surface area contributed by atoms with Crippen molar-refractivity contribution in [3.05, 3.63) is 59.3 Å². The molecule has 0 aliphatic carbocycles. The van der Waals surface area contributed by atoms with Gasteiger partial charge in [-0.25, -0.2) is 4.79 Å². The Kier molecular flexibility index (Phi) is 7.95. The lowest BCUT2D eigenvalue weighted by molar-refractivity contribution is -0.147. The number of carbonyl (C=O) groups is 2. The van der Waals surface area contributed by atoms with E-state index in [0.29, 0.717) is 44.9 Å². The molecule has 0 radical (unpaired) electrons. The molecule has 0 bridgehead atoms. The third-order valence-electron chi connectivity index (χ3n) is 5.23. The third-order valence-corrected chi connectivity index (χ3v) is 5.45. The van der Waals surface area contributed by atoms with E-state index in [9.17, 15) is 9.59 Å². The molecule has 0 unspecified atom stereocenters. The molecule has 1 aliphatic rings. The van der Waals surface area contributed by atoms with Gasteiger partial charge in [0.25, 0.3) is 5.91 Å². The van der Waals surface area contributed by atoms with Crippen LogP contribution in [0.5, 0.6) is 17.2 Å². The molecule has 9 nitrogen and oxygen atoms in total. The van der Waals surface area contributed by atoms with E-state index in [0.717, 1.165) is 0 Å². The van der Waals surface area contributed by atoms with Crippen LogP contribution in [-0.2, 0) is 14.3 Å². The predicted octanol–water partition coefficient (Wildman–Crippen LogP) is 3.08. The van der Waals surface area contributed by atoms with Crippen LogP contribution in [0.1, 0.15) is 25.5 Å². The second-order valence-corrected chi connectivity index (χ2v) is 7.83. The van der Waals surface area contributed by atoms with Crippen molar-refractivity contribution in [3.63, 3.8) is 0 Å². The Balaban J connectivity index is 1.94. The Labute approximate surface area is 203 Å². The molecule has 0 saturated carbocycles. The summed E-state index contributed by atoms with van der Waals surface area (Å²) in [6, 6.07) is 11.8. The standard InChI is InChI=1S/C24H27N3O6S/c1-13-20(22(28)26-16-8-6-7-9-17(16)30-3)21(27-24(34)25-13)15-10-11-18(19(12-15)31-4)33-14(2)23(29)32-5/h6-12,14,21H,1-5H3,(H,26,28)(H2,25,27,34)/t14-,21+/m0/s1. The Hall–Kier alpha value is -3.79. The topological polar surface area (TPSA) is 107 Å². The van der Waals surface area contributed by atoms with E-state index < -0.39 is 18.1 Å². The molecule has 0 aromatic heterocycles. The molecule has 0 spiro atoms. The van der Waals surface area contributed by atoms with Crippen LogP contribution in [0.25, 0.3) is 0 Å². The van der Waals surface area contributed by atoms with Crippen LogP contribution in [0, 0.1) is 0 Å². The van der Waals surface area contributed by atoms with E-state index in [1.165, 1.54) is 21.3 Å². The molecule has 10 heteroatoms. The van der Waals surface area contributed by atoms with Crippen molar-refractivity contribution in [2.75, 3.05) is 26.6 Å². The highest BCUT2D eigenvalue weighted by atomic mass is 32.1. The number of ether oxygens (including phenoxy) is 4. The average Bonchev–Trinajstić information content (AvgIpc) is 2.83. The number of para-hydroxylation sites is 2. The minimum absolute atomic E-state index is 0.326. The highest BCUT2D eigenvalue weighted by molar-refractivity contribution is 7.80. The second-order valence-electron chi connectivity index (χ2n) is 7.42. The van der Waals surface area contributed by atoms with Crippen LogP contribution < -0.4 is 30.2 Å². The molecule has 1 heterocycles. The maximum absolute atomic E-state index is 13.4. The number of hydrogen-bond donors (Lipinski definition) is 3. The van der Waals surface area contributed by atoms with Gasteiger partial charge in [0.05, 0.1) is 38.6 Å². The summed E-state index contributed by atoms with van der Waals surface area (Å²) in [6.07, 6.45) is -0.821. The molecule has 0 fully saturated rings. The fourth-order valence-corrected chi connectivity index (χ4v) is 3.82. The van der Waals surface area contributed by atoms with Crippen molar-refractivity contribution in [2.45, 2.75) is 26.0 Å². The van der Waals surface area contributed by atoms with Crippen molar-refractivity contribution in [1.29, 1.82) is 0 Å². The molecule has 0 saturated heterocycles. The number of hydrogen-bond acceptors (Lipinski definition) is 7. The van der Waals surface area contributed by atoms with E-state index in [1.807, 2.05) is 12.1 Å². The van der Waals surface area contributed by atoms with Gasteiger partial charge >= 0.3 is 5.97 Å². The first-order valence-corrected chi connectivity index (χ1v) is 10.8. The SMILES string of the molecule is COC(=O)[C@H](C)Oc1ccc([C@H]2NC(=S)NC(C)=C2C(=O)Nc2ccccc2OC)cc1OC. The molecule has 1 amide bonds. The zero-order valence-corrected chi connectivity index (χ0v) is 20.4. The van der Waals surface area contributed by atoms with Crippen molar-refractivity contribution < 1.29 is 28.5 Å². The molecular weight excluding hydrogens is 458 g/mol. The summed E-state index contributed by atoms with van der Waals surface area (Å²) in [5, 5.41) is 9.45. The fourth-order valence-electron chi connectivity index (χ4n) is 3.55. The van der Waals surface area contributed by atoms with E-state index in [2.05, 4.69) is 16.0 Å². The Morgan fingerprint density at radius 2 is 1.74 bits per heavy atom. The lowest BCUT2D eigenvalue weighted by Gasteiger charge is -2.31. The van der Waals surface area contributed by atoms with Crippen molar-refractivity contribution in [1.82, 2.24) is 10.6 Å². The average molecular weight is 486 g/mol. The van der Waals surface area contributed by atoms with Gasteiger partial charge in [0.15, 0.2) is 22.7 Å². The number of allylic oxidation sites excluding steroid dienone is 1. The minimum atomic E-state index is -0.821. The molecule has 3 rings (SSSR count). The third kappa shape index (κ3) is 5.40. The summed E-state index contributed by atoms with van der Waals surface area (Å²) >= 11 is 5.34. The highest BCUT2D eigenvalue weighted by Gasteiger charge is 2.31. The maximum atomic E-state index is 13.4. The van der Waals surface area contributed by atoms with Crippen molar-refractivity contribution >= 4 is 34.9 Å². The number of carbonyl (C=O) groups excluding carboxylic acids is 2. The van der Waals surface area contributed by atoms with Gasteiger partial charge in [-0.05, 0) is 55.9 Å². The number of amides is 1. The smallest absolute Gasteiger partial charge is 0.346 e. The van der Waals surface area contributed by atoms with Crippen LogP contribution in [-0.4, -0.2) is 44.4 Å². The zero-order valence-electron chi connectivity index (χ0n) is 19.6. The van der Waals surface area contributed by atoms with E-state index in [-0.39, 0.29) is 5.91 Å². The largest absolute Gasteiger partial charge is 0.495 e. The number of methoxy groups -OCH3 is 3. The first-order chi connectivity index (χ1) is 16.3. The number of rotatable bonds is 8. The Morgan fingerprint density at radius 3 is 2.41 bits per heavy atom. The van der Waals surface area contributed by atoms with Crippen LogP contribution in [0.4, 0.5) is 5.69 Å². The lowest BCUT2D eigenvalue weighted by atomic mass is 9.94. The summed E-state index contributed by atoms with van der Waals surface area (Å²) in [5.74, 6) is 0.460. The van der Waals surface area contributed by atoms with Crippen LogP contribution >= 0.6 is 12.2 Å². The summed E-state index contributed by atoms with van der Waals surface area (Å²) in [7, 11) is 4.32. The Morgan fingerprint density at radius 1 is 1.03 bits per heavy atom. The summed E-state index contributed by atoms with van der Waals surface area (Å²) in [4.78, 5) is 25.1. The number of esters is 1. The number of nitrogens with one attached hydrogen (secondary N) is 3. The second kappa shape index (κ2) is 10.9. The quantitative estimate of drug-likeness (QED) is 0.384. The molecule has 180 valence electrons. The normalized spacial score (nSPS) is 16.0. The van der Waals surface area contributed by atoms with Crippen molar-refractivity contribution in [3.8, 4) is 17.2 Å². The van der Waals surface area contributed by atoms with Gasteiger partial charge in [0, 0.05) is 5.70 Å². The maximum Gasteiger partial charge on any atom is 0.346 e. The first-order valence-electron chi connectivity index (χ1n) is 10.4. The monoisotopic (exact) mass is 485 g/mol. The minimum Gasteiger partial charge on any atom is -0.495 e. The predicted molar refractivity (Wildman–Crippen MR) is 131 cm³/mol. The van der Waals surface area contributed by atoms with Gasteiger partial charge < -0.3 is 34.9 Å². The molecule has 2 aromatic carbocycles. The van der Waals surface area contributed by atoms with Gasteiger partial charge in [-0.3, -0.25) is 4.79 Å². The van der Waals surface area contributed by atoms with Gasteiger partial charge in [-0.15, -0.1) is 0 Å². The fraction of sp³-hybridized carbons (Fsp3) is 0.292. The van der Waals surface area contributed by atoms with Crippen LogP contribution in [0.3, 0.4) is 0 Å². The van der Waals surface area contributed by atoms with E-state index >= 15 is 0 Å². The van der Waals surface area contributed by atoms with Gasteiger partial charge in [-0.2, -0.15) is 0 Å². The zero-order chi connectivity index (χ0) is 24.8. The molecule has 1 aliphatic heterocycles. The Bertz CT molecular complexity index is 1130. The van der Waals surface area contributed by atoms with Crippen LogP contribution in [0.15, 0.2) is 53.7 Å². The highest BCUT2D eigenvalue weighted by Crippen LogP contribution is 2.35. The van der Waals surface area contributed by atoms with Crippen molar-refractivity contribution in [2.24, 2.45) is 0 Å². The number of anilines is 1. The molecule has 2 atom stereocenters. The van der Waals surface area contributed by atoms with Crippen LogP contribution in [0.2, 0.25) is 0 Å². The molecular formula is C24H27N3O6S. The number of benzene rings is 2. The summed E-state index contributed by atoms with van der Waals surface area (Å²) < 4.78 is 21.2. The molecule has 34 heavy (non-hydrogen) atoms. The lowest BCUT2D eigenvalue weighted by Crippen LogP contribution is -2.45. The van der Waals surface area contributed by atoms with E-state index in [4.69, 9.17) is 31.2 Å². The van der Waals surface area contributed by atoms with Gasteiger partial charge in [0.1, 0.15) is 5.75 Å². The summed E-state index contributed by atoms with van der Waals surface area (Å²) in [6.45, 7) is 3.36. The summed E-state index contributed by atoms with van der Waals surface area (Å²) in [5.41, 5.74) is 2.31. The van der Waals surface area contributed by atoms with Gasteiger partial charge in [-0.1, -0.05) is 18.2 Å². The number of thiocarbonyl (C=S) groups is 1.